The van der Waals surface area contributed by atoms with Crippen LogP contribution in [0.2, 0.25) is 0 Å². The van der Waals surface area contributed by atoms with E-state index in [1.807, 2.05) is 17.0 Å². The molecule has 0 amide bonds. The highest BCUT2D eigenvalue weighted by Gasteiger charge is 2.34. The van der Waals surface area contributed by atoms with Crippen LogP contribution in [0.25, 0.3) is 33.4 Å². The average Bonchev–Trinajstić information content (AvgIpc) is 3.37. The molecular formula is C20H17F2N5S. The van der Waals surface area contributed by atoms with Crippen molar-refractivity contribution in [2.24, 2.45) is 0 Å². The van der Waals surface area contributed by atoms with Gasteiger partial charge in [0.05, 0.1) is 11.2 Å². The number of aromatic amines is 1. The largest absolute Gasteiger partial charge is 0.356 e. The summed E-state index contributed by atoms with van der Waals surface area (Å²) >= 11 is 1.66. The van der Waals surface area contributed by atoms with Gasteiger partial charge < -0.3 is 4.90 Å². The van der Waals surface area contributed by atoms with E-state index in [0.29, 0.717) is 11.5 Å². The van der Waals surface area contributed by atoms with Gasteiger partial charge in [-0.2, -0.15) is 16.4 Å². The molecule has 8 heteroatoms. The number of halogens is 2. The number of alkyl halides is 2. The maximum atomic E-state index is 13.5. The molecule has 0 unspecified atom stereocenters. The fraction of sp³-hybridized carbons (Fsp3) is 0.250. The number of thiophene rings is 1. The van der Waals surface area contributed by atoms with Crippen LogP contribution in [0.4, 0.5) is 14.6 Å². The maximum absolute atomic E-state index is 13.5. The van der Waals surface area contributed by atoms with Crippen molar-refractivity contribution < 1.29 is 8.78 Å². The average molecular weight is 397 g/mol. The summed E-state index contributed by atoms with van der Waals surface area (Å²) in [6.45, 7) is 0.570. The van der Waals surface area contributed by atoms with Gasteiger partial charge in [0, 0.05) is 37.4 Å². The SMILES string of the molecule is FC1(F)CCN(c2cc(-c3n[nH]c4ccc(-c5ccsc5)cc34)ncn2)CC1. The van der Waals surface area contributed by atoms with E-state index in [2.05, 4.69) is 49.1 Å². The minimum atomic E-state index is -2.58. The van der Waals surface area contributed by atoms with Gasteiger partial charge in [0.1, 0.15) is 17.8 Å². The number of hydrogen-bond donors (Lipinski definition) is 1. The fourth-order valence-corrected chi connectivity index (χ4v) is 4.20. The van der Waals surface area contributed by atoms with Crippen LogP contribution in [0.3, 0.4) is 0 Å². The van der Waals surface area contributed by atoms with E-state index in [4.69, 9.17) is 0 Å². The molecule has 1 fully saturated rings. The highest BCUT2D eigenvalue weighted by molar-refractivity contribution is 7.08. The monoisotopic (exact) mass is 397 g/mol. The van der Waals surface area contributed by atoms with Gasteiger partial charge in [0.2, 0.25) is 0 Å². The number of piperidine rings is 1. The molecule has 1 aliphatic rings. The molecule has 142 valence electrons. The first-order valence-electron chi connectivity index (χ1n) is 9.05. The zero-order valence-corrected chi connectivity index (χ0v) is 15.7. The molecule has 0 aliphatic carbocycles. The van der Waals surface area contributed by atoms with Crippen LogP contribution in [-0.4, -0.2) is 39.2 Å². The number of nitrogens with one attached hydrogen (secondary N) is 1. The predicted molar refractivity (Wildman–Crippen MR) is 107 cm³/mol. The molecule has 5 nitrogen and oxygen atoms in total. The van der Waals surface area contributed by atoms with Crippen LogP contribution in [0.1, 0.15) is 12.8 Å². The van der Waals surface area contributed by atoms with Crippen molar-refractivity contribution in [3.63, 3.8) is 0 Å². The zero-order valence-electron chi connectivity index (χ0n) is 14.9. The normalized spacial score (nSPS) is 16.6. The Morgan fingerprint density at radius 1 is 1.04 bits per heavy atom. The predicted octanol–water partition coefficient (Wildman–Crippen LogP) is 4.98. The lowest BCUT2D eigenvalue weighted by molar-refractivity contribution is -0.0221. The van der Waals surface area contributed by atoms with Crippen molar-refractivity contribution >= 4 is 28.1 Å². The molecule has 4 heterocycles. The standard InChI is InChI=1S/C20H17F2N5S/c21-20(22)4-6-27(7-5-20)18-10-17(23-12-24-18)19-15-9-13(14-3-8-28-11-14)1-2-16(15)25-26-19/h1-3,8-12H,4-7H2,(H,25,26). The van der Waals surface area contributed by atoms with Crippen molar-refractivity contribution in [1.29, 1.82) is 0 Å². The van der Waals surface area contributed by atoms with Crippen molar-refractivity contribution in [3.8, 4) is 22.5 Å². The second kappa shape index (κ2) is 6.63. The van der Waals surface area contributed by atoms with Crippen LogP contribution in [0.15, 0.2) is 47.4 Å². The minimum absolute atomic E-state index is 0.151. The van der Waals surface area contributed by atoms with Gasteiger partial charge in [0.25, 0.3) is 5.92 Å². The van der Waals surface area contributed by atoms with E-state index in [1.54, 1.807) is 11.3 Å². The fourth-order valence-electron chi connectivity index (χ4n) is 3.53. The lowest BCUT2D eigenvalue weighted by Crippen LogP contribution is -2.39. The Labute approximate surface area is 164 Å². The summed E-state index contributed by atoms with van der Waals surface area (Å²) in [4.78, 5) is 10.6. The summed E-state index contributed by atoms with van der Waals surface area (Å²) in [5.41, 5.74) is 4.61. The first-order chi connectivity index (χ1) is 13.6. The molecule has 1 aliphatic heterocycles. The Morgan fingerprint density at radius 2 is 1.89 bits per heavy atom. The lowest BCUT2D eigenvalue weighted by Gasteiger charge is -2.32. The molecular weight excluding hydrogens is 380 g/mol. The zero-order chi connectivity index (χ0) is 19.1. The molecule has 4 aromatic rings. The van der Waals surface area contributed by atoms with Crippen molar-refractivity contribution in [2.75, 3.05) is 18.0 Å². The first kappa shape index (κ1) is 17.2. The molecule has 0 bridgehead atoms. The third kappa shape index (κ3) is 3.13. The summed E-state index contributed by atoms with van der Waals surface area (Å²) < 4.78 is 26.9. The molecule has 0 radical (unpaired) electrons. The van der Waals surface area contributed by atoms with Gasteiger partial charge in [-0.1, -0.05) is 6.07 Å². The number of rotatable bonds is 3. The van der Waals surface area contributed by atoms with Crippen LogP contribution in [-0.2, 0) is 0 Å². The van der Waals surface area contributed by atoms with E-state index in [0.717, 1.165) is 27.7 Å². The number of aromatic nitrogens is 4. The number of fused-ring (bicyclic) bond motifs is 1. The van der Waals surface area contributed by atoms with E-state index in [9.17, 15) is 8.78 Å². The van der Waals surface area contributed by atoms with Crippen molar-refractivity contribution in [2.45, 2.75) is 18.8 Å². The molecule has 0 spiro atoms. The quantitative estimate of drug-likeness (QED) is 0.529. The Balaban J connectivity index is 1.51. The highest BCUT2D eigenvalue weighted by atomic mass is 32.1. The Bertz CT molecular complexity index is 1110. The smallest absolute Gasteiger partial charge is 0.251 e. The van der Waals surface area contributed by atoms with Crippen LogP contribution >= 0.6 is 11.3 Å². The van der Waals surface area contributed by atoms with Crippen molar-refractivity contribution in [3.05, 3.63) is 47.4 Å². The van der Waals surface area contributed by atoms with Gasteiger partial charge in [-0.25, -0.2) is 18.7 Å². The maximum Gasteiger partial charge on any atom is 0.251 e. The molecule has 5 rings (SSSR count). The molecule has 1 aromatic carbocycles. The number of hydrogen-bond acceptors (Lipinski definition) is 5. The molecule has 0 saturated carbocycles. The van der Waals surface area contributed by atoms with E-state index < -0.39 is 5.92 Å². The van der Waals surface area contributed by atoms with Gasteiger partial charge in [-0.3, -0.25) is 5.10 Å². The molecule has 1 saturated heterocycles. The summed E-state index contributed by atoms with van der Waals surface area (Å²) in [5.74, 6) is -1.92. The van der Waals surface area contributed by atoms with Crippen LogP contribution in [0.5, 0.6) is 0 Å². The number of benzene rings is 1. The van der Waals surface area contributed by atoms with E-state index >= 15 is 0 Å². The molecule has 1 N–H and O–H groups in total. The summed E-state index contributed by atoms with van der Waals surface area (Å²) in [6.07, 6.45) is 1.17. The second-order valence-electron chi connectivity index (χ2n) is 6.95. The Hall–Kier alpha value is -2.87. The van der Waals surface area contributed by atoms with Crippen LogP contribution < -0.4 is 4.90 Å². The topological polar surface area (TPSA) is 57.7 Å². The number of anilines is 1. The number of nitrogens with zero attached hydrogens (tertiary/aromatic N) is 4. The number of H-pyrrole nitrogens is 1. The van der Waals surface area contributed by atoms with E-state index in [-0.39, 0.29) is 25.9 Å². The molecule has 0 atom stereocenters. The van der Waals surface area contributed by atoms with Gasteiger partial charge in [-0.05, 0) is 40.1 Å². The van der Waals surface area contributed by atoms with Crippen LogP contribution in [0, 0.1) is 0 Å². The second-order valence-corrected chi connectivity index (χ2v) is 7.73. The van der Waals surface area contributed by atoms with Gasteiger partial charge in [-0.15, -0.1) is 0 Å². The highest BCUT2D eigenvalue weighted by Crippen LogP contribution is 2.33. The minimum Gasteiger partial charge on any atom is -0.356 e. The summed E-state index contributed by atoms with van der Waals surface area (Å²) in [5, 5.41) is 12.6. The molecule has 3 aromatic heterocycles. The van der Waals surface area contributed by atoms with Crippen molar-refractivity contribution in [1.82, 2.24) is 20.2 Å². The van der Waals surface area contributed by atoms with E-state index in [1.165, 1.54) is 6.33 Å². The Morgan fingerprint density at radius 3 is 2.68 bits per heavy atom. The molecule has 28 heavy (non-hydrogen) atoms. The summed E-state index contributed by atoms with van der Waals surface area (Å²) in [7, 11) is 0. The van der Waals surface area contributed by atoms with Gasteiger partial charge in [0.15, 0.2) is 0 Å². The third-order valence-corrected chi connectivity index (χ3v) is 5.81. The third-order valence-electron chi connectivity index (χ3n) is 5.13. The lowest BCUT2D eigenvalue weighted by atomic mass is 10.0. The Kier molecular flexibility index (Phi) is 4.08. The van der Waals surface area contributed by atoms with Gasteiger partial charge >= 0.3 is 0 Å². The first-order valence-corrected chi connectivity index (χ1v) is 9.99. The summed E-state index contributed by atoms with van der Waals surface area (Å²) in [6, 6.07) is 10.1.